The second-order valence-electron chi connectivity index (χ2n) is 5.57. The summed E-state index contributed by atoms with van der Waals surface area (Å²) < 4.78 is 36.1. The van der Waals surface area contributed by atoms with Crippen LogP contribution in [0.5, 0.6) is 0 Å². The van der Waals surface area contributed by atoms with Gasteiger partial charge in [0.2, 0.25) is 5.91 Å². The molecule has 1 aliphatic heterocycles. The number of hydrogen-bond donors (Lipinski definition) is 3. The van der Waals surface area contributed by atoms with Crippen LogP contribution in [-0.4, -0.2) is 37.6 Å². The van der Waals surface area contributed by atoms with Crippen molar-refractivity contribution >= 4 is 29.9 Å². The molecule has 134 valence electrons. The number of anilines is 1. The lowest BCUT2D eigenvalue weighted by Crippen LogP contribution is -2.48. The third-order valence-corrected chi connectivity index (χ3v) is 3.80. The van der Waals surface area contributed by atoms with Crippen molar-refractivity contribution in [3.63, 3.8) is 0 Å². The number of carbonyl (C=O) groups excluding carboxylic acids is 2. The number of hydrogen-bond acceptors (Lipinski definition) is 3. The van der Waals surface area contributed by atoms with E-state index in [0.29, 0.717) is 11.6 Å². The van der Waals surface area contributed by atoms with Crippen molar-refractivity contribution in [1.82, 2.24) is 10.6 Å². The Balaban J connectivity index is 0.00000288. The van der Waals surface area contributed by atoms with E-state index in [1.54, 1.807) is 5.32 Å². The second-order valence-corrected chi connectivity index (χ2v) is 5.57. The first-order chi connectivity index (χ1) is 10.8. The molecular formula is C15H19ClF3N3O2. The van der Waals surface area contributed by atoms with Gasteiger partial charge < -0.3 is 16.0 Å². The lowest BCUT2D eigenvalue weighted by atomic mass is 9.88. The number of nitrogens with one attached hydrogen (secondary N) is 3. The lowest BCUT2D eigenvalue weighted by molar-refractivity contribution is -0.123. The number of alkyl halides is 3. The normalized spacial score (nSPS) is 15.7. The molecule has 1 heterocycles. The highest BCUT2D eigenvalue weighted by Gasteiger charge is 2.29. The van der Waals surface area contributed by atoms with Crippen molar-refractivity contribution in [3.8, 4) is 0 Å². The van der Waals surface area contributed by atoms with Gasteiger partial charge in [-0.25, -0.2) is 0 Å². The molecule has 1 unspecified atom stereocenters. The van der Waals surface area contributed by atoms with E-state index in [2.05, 4.69) is 10.6 Å². The molecule has 0 radical (unpaired) electrons. The van der Waals surface area contributed by atoms with Crippen molar-refractivity contribution in [2.75, 3.05) is 25.0 Å². The van der Waals surface area contributed by atoms with Gasteiger partial charge in [0.15, 0.2) is 0 Å². The number of carbonyl (C=O) groups is 2. The smallest absolute Gasteiger partial charge is 0.343 e. The maximum atomic E-state index is 12.0. The van der Waals surface area contributed by atoms with Gasteiger partial charge in [0.05, 0.1) is 0 Å². The first-order valence-electron chi connectivity index (χ1n) is 7.23. The average molecular weight is 366 g/mol. The summed E-state index contributed by atoms with van der Waals surface area (Å²) in [7, 11) is 0. The Morgan fingerprint density at radius 3 is 2.29 bits per heavy atom. The van der Waals surface area contributed by atoms with E-state index in [0.717, 1.165) is 13.1 Å². The molecule has 1 saturated heterocycles. The number of rotatable bonds is 5. The van der Waals surface area contributed by atoms with Crippen molar-refractivity contribution in [3.05, 3.63) is 29.8 Å². The van der Waals surface area contributed by atoms with Crippen LogP contribution in [-0.2, 0) is 4.79 Å². The van der Waals surface area contributed by atoms with Crippen LogP contribution in [0.25, 0.3) is 0 Å². The summed E-state index contributed by atoms with van der Waals surface area (Å²) in [5.74, 6) is -0.756. The zero-order chi connectivity index (χ0) is 17.0. The van der Waals surface area contributed by atoms with Crippen LogP contribution >= 0.6 is 12.4 Å². The molecule has 3 N–H and O–H groups in total. The zero-order valence-corrected chi connectivity index (χ0v) is 13.8. The number of halogens is 4. The fraction of sp³-hybridized carbons (Fsp3) is 0.467. The maximum absolute atomic E-state index is 12.0. The molecule has 5 nitrogen and oxygen atoms in total. The minimum atomic E-state index is -4.45. The molecule has 0 saturated carbocycles. The van der Waals surface area contributed by atoms with Gasteiger partial charge in [0.1, 0.15) is 6.54 Å². The van der Waals surface area contributed by atoms with E-state index in [1.807, 2.05) is 6.92 Å². The highest BCUT2D eigenvalue weighted by Crippen LogP contribution is 2.19. The molecule has 1 fully saturated rings. The molecule has 1 aromatic carbocycles. The Morgan fingerprint density at radius 2 is 1.83 bits per heavy atom. The van der Waals surface area contributed by atoms with Crippen LogP contribution in [0, 0.1) is 11.8 Å². The fourth-order valence-corrected chi connectivity index (χ4v) is 2.12. The molecule has 2 rings (SSSR count). The molecule has 0 spiro atoms. The predicted octanol–water partition coefficient (Wildman–Crippen LogP) is 2.19. The molecule has 1 atom stereocenters. The van der Waals surface area contributed by atoms with Gasteiger partial charge in [0.25, 0.3) is 5.91 Å². The number of benzene rings is 1. The summed E-state index contributed by atoms with van der Waals surface area (Å²) in [5.41, 5.74) is 0.602. The van der Waals surface area contributed by atoms with Crippen LogP contribution < -0.4 is 16.0 Å². The molecule has 24 heavy (non-hydrogen) atoms. The SMILES string of the molecule is CC(C(=O)Nc1ccc(C(=O)NCC(F)(F)F)cc1)C1CNC1.Cl. The first kappa shape index (κ1) is 20.2. The summed E-state index contributed by atoms with van der Waals surface area (Å²) in [6.07, 6.45) is -4.45. The molecule has 9 heteroatoms. The van der Waals surface area contributed by atoms with Gasteiger partial charge >= 0.3 is 6.18 Å². The summed E-state index contributed by atoms with van der Waals surface area (Å²) >= 11 is 0. The summed E-state index contributed by atoms with van der Waals surface area (Å²) in [4.78, 5) is 23.6. The Hall–Kier alpha value is -1.80. The first-order valence-corrected chi connectivity index (χ1v) is 7.23. The van der Waals surface area contributed by atoms with Crippen LogP contribution in [0.4, 0.5) is 18.9 Å². The minimum Gasteiger partial charge on any atom is -0.343 e. The third-order valence-electron chi connectivity index (χ3n) is 3.80. The highest BCUT2D eigenvalue weighted by atomic mass is 35.5. The van der Waals surface area contributed by atoms with Crippen molar-refractivity contribution < 1.29 is 22.8 Å². The molecule has 0 bridgehead atoms. The molecule has 0 aliphatic carbocycles. The van der Waals surface area contributed by atoms with E-state index in [4.69, 9.17) is 0 Å². The average Bonchev–Trinajstić information content (AvgIpc) is 2.43. The second kappa shape index (κ2) is 8.34. The van der Waals surface area contributed by atoms with Crippen LogP contribution in [0.15, 0.2) is 24.3 Å². The van der Waals surface area contributed by atoms with Crippen LogP contribution in [0.2, 0.25) is 0 Å². The van der Waals surface area contributed by atoms with Crippen molar-refractivity contribution in [1.29, 1.82) is 0 Å². The maximum Gasteiger partial charge on any atom is 0.405 e. The van der Waals surface area contributed by atoms with Gasteiger partial charge in [-0.1, -0.05) is 6.92 Å². The predicted molar refractivity (Wildman–Crippen MR) is 86.2 cm³/mol. The van der Waals surface area contributed by atoms with E-state index >= 15 is 0 Å². The molecule has 2 amide bonds. The van der Waals surface area contributed by atoms with Crippen LogP contribution in [0.1, 0.15) is 17.3 Å². The summed E-state index contributed by atoms with van der Waals surface area (Å²) in [5, 5.41) is 7.62. The van der Waals surface area contributed by atoms with Gasteiger partial charge in [-0.15, -0.1) is 12.4 Å². The summed E-state index contributed by atoms with van der Waals surface area (Å²) in [6, 6.07) is 5.73. The van der Waals surface area contributed by atoms with E-state index < -0.39 is 18.6 Å². The monoisotopic (exact) mass is 365 g/mol. The standard InChI is InChI=1S/C15H18F3N3O2.ClH/c1-9(11-6-19-7-11)13(22)21-12-4-2-10(3-5-12)14(23)20-8-15(16,17)18;/h2-5,9,11,19H,6-8H2,1H3,(H,20,23)(H,21,22);1H. The topological polar surface area (TPSA) is 70.2 Å². The highest BCUT2D eigenvalue weighted by molar-refractivity contribution is 5.96. The van der Waals surface area contributed by atoms with E-state index in [-0.39, 0.29) is 29.8 Å². The quantitative estimate of drug-likeness (QED) is 0.749. The largest absolute Gasteiger partial charge is 0.405 e. The van der Waals surface area contributed by atoms with E-state index in [9.17, 15) is 22.8 Å². The third kappa shape index (κ3) is 5.68. The van der Waals surface area contributed by atoms with Crippen molar-refractivity contribution in [2.24, 2.45) is 11.8 Å². The molecule has 1 aromatic rings. The molecule has 0 aromatic heterocycles. The molecule has 1 aliphatic rings. The Morgan fingerprint density at radius 1 is 1.25 bits per heavy atom. The number of amides is 2. The van der Waals surface area contributed by atoms with Gasteiger partial charge in [-0.2, -0.15) is 13.2 Å². The van der Waals surface area contributed by atoms with Gasteiger partial charge in [-0.05, 0) is 43.3 Å². The van der Waals surface area contributed by atoms with Crippen molar-refractivity contribution in [2.45, 2.75) is 13.1 Å². The molecular weight excluding hydrogens is 347 g/mol. The Labute approximate surface area is 143 Å². The fourth-order valence-electron chi connectivity index (χ4n) is 2.12. The Kier molecular flexibility index (Phi) is 7.04. The lowest BCUT2D eigenvalue weighted by Gasteiger charge is -2.31. The van der Waals surface area contributed by atoms with Crippen LogP contribution in [0.3, 0.4) is 0 Å². The Bertz CT molecular complexity index is 574. The van der Waals surface area contributed by atoms with E-state index in [1.165, 1.54) is 24.3 Å². The van der Waals surface area contributed by atoms with Gasteiger partial charge in [0, 0.05) is 17.2 Å². The summed E-state index contributed by atoms with van der Waals surface area (Å²) in [6.45, 7) is 2.09. The minimum absolute atomic E-state index is 0. The zero-order valence-electron chi connectivity index (χ0n) is 12.9. The van der Waals surface area contributed by atoms with Gasteiger partial charge in [-0.3, -0.25) is 9.59 Å².